The molecule has 1 aliphatic carbocycles. The van der Waals surface area contributed by atoms with Crippen LogP contribution in [0.15, 0.2) is 30.3 Å². The number of carbonyl (C=O) groups is 2. The number of hydrogen-bond donors (Lipinski definition) is 2. The number of carboxylic acids is 1. The van der Waals surface area contributed by atoms with Crippen LogP contribution in [0.25, 0.3) is 0 Å². The van der Waals surface area contributed by atoms with Crippen LogP contribution in [0.3, 0.4) is 0 Å². The largest absolute Gasteiger partial charge is 0.481 e. The van der Waals surface area contributed by atoms with Gasteiger partial charge < -0.3 is 15.3 Å². The van der Waals surface area contributed by atoms with Crippen molar-refractivity contribution in [2.45, 2.75) is 50.5 Å². The van der Waals surface area contributed by atoms with Crippen molar-refractivity contribution in [3.8, 4) is 0 Å². The average molecular weight is 330 g/mol. The van der Waals surface area contributed by atoms with Gasteiger partial charge in [0.2, 0.25) is 0 Å². The number of likely N-dealkylation sites (tertiary alicyclic amines) is 1. The van der Waals surface area contributed by atoms with E-state index in [9.17, 15) is 9.59 Å². The van der Waals surface area contributed by atoms with Crippen LogP contribution in [-0.4, -0.2) is 41.1 Å². The summed E-state index contributed by atoms with van der Waals surface area (Å²) in [4.78, 5) is 25.2. The lowest BCUT2D eigenvalue weighted by atomic mass is 9.82. The zero-order valence-electron chi connectivity index (χ0n) is 14.0. The summed E-state index contributed by atoms with van der Waals surface area (Å²) < 4.78 is 0. The predicted molar refractivity (Wildman–Crippen MR) is 91.9 cm³/mol. The van der Waals surface area contributed by atoms with Crippen molar-refractivity contribution < 1.29 is 14.7 Å². The van der Waals surface area contributed by atoms with E-state index in [-0.39, 0.29) is 12.1 Å². The van der Waals surface area contributed by atoms with Crippen molar-refractivity contribution in [2.24, 2.45) is 5.92 Å². The van der Waals surface area contributed by atoms with Crippen molar-refractivity contribution in [3.05, 3.63) is 35.9 Å². The van der Waals surface area contributed by atoms with Crippen LogP contribution in [0.2, 0.25) is 0 Å². The van der Waals surface area contributed by atoms with Gasteiger partial charge in [-0.1, -0.05) is 30.3 Å². The SMILES string of the molecule is O=C(O)C1CCCN(C(=O)NC2CCC(c3ccccc3)CC2)C1. The highest BCUT2D eigenvalue weighted by atomic mass is 16.4. The minimum Gasteiger partial charge on any atom is -0.481 e. The van der Waals surface area contributed by atoms with Gasteiger partial charge in [0.15, 0.2) is 0 Å². The number of benzene rings is 1. The molecule has 130 valence electrons. The fourth-order valence-electron chi connectivity index (χ4n) is 3.93. The molecule has 5 heteroatoms. The van der Waals surface area contributed by atoms with Crippen molar-refractivity contribution >= 4 is 12.0 Å². The molecule has 1 saturated heterocycles. The molecule has 0 spiro atoms. The molecule has 2 aliphatic rings. The molecule has 24 heavy (non-hydrogen) atoms. The van der Waals surface area contributed by atoms with Gasteiger partial charge in [-0.3, -0.25) is 4.79 Å². The Bertz CT molecular complexity index is 567. The molecule has 0 radical (unpaired) electrons. The first-order chi connectivity index (χ1) is 11.6. The Kier molecular flexibility index (Phi) is 5.38. The van der Waals surface area contributed by atoms with Crippen LogP contribution in [0, 0.1) is 5.92 Å². The summed E-state index contributed by atoms with van der Waals surface area (Å²) in [6.45, 7) is 0.996. The third kappa shape index (κ3) is 4.08. The summed E-state index contributed by atoms with van der Waals surface area (Å²) in [7, 11) is 0. The van der Waals surface area contributed by atoms with Gasteiger partial charge in [0, 0.05) is 19.1 Å². The second-order valence-corrected chi connectivity index (χ2v) is 7.03. The first kappa shape index (κ1) is 16.8. The number of amides is 2. The second-order valence-electron chi connectivity index (χ2n) is 7.03. The number of piperidine rings is 1. The fourth-order valence-corrected chi connectivity index (χ4v) is 3.93. The predicted octanol–water partition coefficient (Wildman–Crippen LogP) is 3.22. The van der Waals surface area contributed by atoms with Crippen LogP contribution in [0.1, 0.15) is 50.0 Å². The highest BCUT2D eigenvalue weighted by Gasteiger charge is 2.30. The van der Waals surface area contributed by atoms with Crippen LogP contribution in [-0.2, 0) is 4.79 Å². The van der Waals surface area contributed by atoms with Gasteiger partial charge in [0.1, 0.15) is 0 Å². The van der Waals surface area contributed by atoms with Crippen molar-refractivity contribution in [3.63, 3.8) is 0 Å². The van der Waals surface area contributed by atoms with Gasteiger partial charge >= 0.3 is 12.0 Å². The zero-order valence-corrected chi connectivity index (χ0v) is 14.0. The average Bonchev–Trinajstić information content (AvgIpc) is 2.63. The van der Waals surface area contributed by atoms with E-state index in [1.165, 1.54) is 5.56 Å². The molecule has 1 unspecified atom stereocenters. The van der Waals surface area contributed by atoms with Crippen LogP contribution < -0.4 is 5.32 Å². The molecule has 0 aromatic heterocycles. The van der Waals surface area contributed by atoms with Gasteiger partial charge in [-0.2, -0.15) is 0 Å². The molecular formula is C19H26N2O3. The Hall–Kier alpha value is -2.04. The number of nitrogens with zero attached hydrogens (tertiary/aromatic N) is 1. The minimum absolute atomic E-state index is 0.0934. The van der Waals surface area contributed by atoms with E-state index < -0.39 is 11.9 Å². The number of carbonyl (C=O) groups excluding carboxylic acids is 1. The van der Waals surface area contributed by atoms with Gasteiger partial charge in [-0.15, -0.1) is 0 Å². The van der Waals surface area contributed by atoms with E-state index in [0.29, 0.717) is 25.4 Å². The molecule has 5 nitrogen and oxygen atoms in total. The maximum absolute atomic E-state index is 12.4. The number of hydrogen-bond acceptors (Lipinski definition) is 2. The lowest BCUT2D eigenvalue weighted by molar-refractivity contribution is -0.143. The Balaban J connectivity index is 1.47. The quantitative estimate of drug-likeness (QED) is 0.894. The molecule has 1 saturated carbocycles. The monoisotopic (exact) mass is 330 g/mol. The van der Waals surface area contributed by atoms with Gasteiger partial charge in [-0.05, 0) is 50.0 Å². The van der Waals surface area contributed by atoms with E-state index >= 15 is 0 Å². The number of carboxylic acid groups (broad SMARTS) is 1. The summed E-state index contributed by atoms with van der Waals surface area (Å²) in [6, 6.07) is 10.7. The molecule has 3 rings (SSSR count). The van der Waals surface area contributed by atoms with E-state index in [4.69, 9.17) is 5.11 Å². The topological polar surface area (TPSA) is 69.6 Å². The lowest BCUT2D eigenvalue weighted by Gasteiger charge is -2.34. The Morgan fingerprint density at radius 3 is 2.42 bits per heavy atom. The van der Waals surface area contributed by atoms with Crippen LogP contribution in [0.5, 0.6) is 0 Å². The lowest BCUT2D eigenvalue weighted by Crippen LogP contribution is -2.50. The normalized spacial score (nSPS) is 27.5. The molecule has 2 N–H and O–H groups in total. The number of urea groups is 1. The Morgan fingerprint density at radius 1 is 1.04 bits per heavy atom. The molecule has 1 aliphatic heterocycles. The standard InChI is InChI=1S/C19H26N2O3/c22-18(23)16-7-4-12-21(13-16)19(24)20-17-10-8-15(9-11-17)14-5-2-1-3-6-14/h1-3,5-6,15-17H,4,7-13H2,(H,20,24)(H,22,23). The summed E-state index contributed by atoms with van der Waals surface area (Å²) >= 11 is 0. The Labute approximate surface area is 143 Å². The van der Waals surface area contributed by atoms with Crippen molar-refractivity contribution in [1.82, 2.24) is 10.2 Å². The van der Waals surface area contributed by atoms with Crippen LogP contribution >= 0.6 is 0 Å². The van der Waals surface area contributed by atoms with E-state index in [1.807, 2.05) is 6.07 Å². The molecule has 1 heterocycles. The van der Waals surface area contributed by atoms with Gasteiger partial charge in [0.25, 0.3) is 0 Å². The number of aliphatic carboxylic acids is 1. The summed E-state index contributed by atoms with van der Waals surface area (Å²) in [6.07, 6.45) is 5.59. The minimum atomic E-state index is -0.795. The van der Waals surface area contributed by atoms with E-state index in [1.54, 1.807) is 4.90 Å². The molecular weight excluding hydrogens is 304 g/mol. The van der Waals surface area contributed by atoms with Gasteiger partial charge in [-0.25, -0.2) is 4.79 Å². The fraction of sp³-hybridized carbons (Fsp3) is 0.579. The highest BCUT2D eigenvalue weighted by molar-refractivity contribution is 5.76. The second kappa shape index (κ2) is 7.69. The maximum atomic E-state index is 12.4. The first-order valence-corrected chi connectivity index (χ1v) is 8.96. The van der Waals surface area contributed by atoms with Crippen LogP contribution in [0.4, 0.5) is 4.79 Å². The molecule has 2 fully saturated rings. The van der Waals surface area contributed by atoms with Crippen molar-refractivity contribution in [2.75, 3.05) is 13.1 Å². The van der Waals surface area contributed by atoms with E-state index in [0.717, 1.165) is 32.1 Å². The van der Waals surface area contributed by atoms with Gasteiger partial charge in [0.05, 0.1) is 5.92 Å². The molecule has 1 atom stereocenters. The number of nitrogens with one attached hydrogen (secondary N) is 1. The summed E-state index contributed by atoms with van der Waals surface area (Å²) in [5, 5.41) is 12.3. The molecule has 1 aromatic rings. The maximum Gasteiger partial charge on any atom is 0.317 e. The van der Waals surface area contributed by atoms with E-state index in [2.05, 4.69) is 29.6 Å². The molecule has 1 aromatic carbocycles. The third-order valence-electron chi connectivity index (χ3n) is 5.38. The number of rotatable bonds is 3. The molecule has 0 bridgehead atoms. The first-order valence-electron chi connectivity index (χ1n) is 8.96. The third-order valence-corrected chi connectivity index (χ3v) is 5.38. The smallest absolute Gasteiger partial charge is 0.317 e. The summed E-state index contributed by atoms with van der Waals surface area (Å²) in [5.41, 5.74) is 1.39. The van der Waals surface area contributed by atoms with Crippen molar-refractivity contribution in [1.29, 1.82) is 0 Å². The zero-order chi connectivity index (χ0) is 16.9. The summed E-state index contributed by atoms with van der Waals surface area (Å²) in [5.74, 6) is -0.625. The highest BCUT2D eigenvalue weighted by Crippen LogP contribution is 2.32. The molecule has 2 amide bonds. The Morgan fingerprint density at radius 2 is 1.75 bits per heavy atom.